The van der Waals surface area contributed by atoms with Crippen molar-refractivity contribution in [2.45, 2.75) is 163 Å². The van der Waals surface area contributed by atoms with Gasteiger partial charge in [0, 0.05) is 11.4 Å². The smallest absolute Gasteiger partial charge is 0.335 e. The van der Waals surface area contributed by atoms with Crippen molar-refractivity contribution in [2.24, 2.45) is 10.9 Å². The molecule has 0 aromatic rings. The summed E-state index contributed by atoms with van der Waals surface area (Å²) in [5.74, 6) is -1.08. The Kier molecular flexibility index (Phi) is 21.0. The number of ether oxygens (including phenoxy) is 2. The molecule has 5 nitrogen and oxygen atoms in total. The van der Waals surface area contributed by atoms with Gasteiger partial charge in [-0.15, -0.1) is 0 Å². The van der Waals surface area contributed by atoms with Crippen LogP contribution in [0.1, 0.15) is 163 Å². The van der Waals surface area contributed by atoms with Gasteiger partial charge in [0.2, 0.25) is 0 Å². The van der Waals surface area contributed by atoms with E-state index >= 15 is 0 Å². The molecule has 1 aliphatic rings. The summed E-state index contributed by atoms with van der Waals surface area (Å²) in [6.07, 6.45) is 25.3. The lowest BCUT2D eigenvalue weighted by molar-refractivity contribution is -0.146. The summed E-state index contributed by atoms with van der Waals surface area (Å²) in [7, 11) is 0. The standard InChI is InChI=1S/C33H59NO4/c1-5-7-9-11-13-15-17-19-21-23-25-37-32(35)30-27-31(29(4)34-28(30)3)33(36)38-26-24-22-20-18-16-14-12-10-8-6-2/h30H,5-27H2,1-4H3. The summed E-state index contributed by atoms with van der Waals surface area (Å²) >= 11 is 0. The molecule has 0 N–H and O–H groups in total. The van der Waals surface area contributed by atoms with Crippen LogP contribution in [-0.2, 0) is 19.1 Å². The van der Waals surface area contributed by atoms with Gasteiger partial charge in [-0.05, 0) is 33.1 Å². The minimum absolute atomic E-state index is 0.269. The number of rotatable bonds is 24. The van der Waals surface area contributed by atoms with Crippen molar-refractivity contribution in [3.8, 4) is 0 Å². The highest BCUT2D eigenvalue weighted by atomic mass is 16.5. The fraction of sp³-hybridized carbons (Fsp3) is 0.848. The molecule has 0 saturated carbocycles. The lowest BCUT2D eigenvalue weighted by Crippen LogP contribution is -2.30. The highest BCUT2D eigenvalue weighted by Crippen LogP contribution is 2.26. The van der Waals surface area contributed by atoms with Gasteiger partial charge in [0.25, 0.3) is 0 Å². The number of carbonyl (C=O) groups is 2. The number of nitrogens with zero attached hydrogens (tertiary/aromatic N) is 1. The molecule has 1 unspecified atom stereocenters. The molecule has 0 amide bonds. The van der Waals surface area contributed by atoms with Crippen LogP contribution in [0.15, 0.2) is 16.3 Å². The molecule has 220 valence electrons. The summed E-state index contributed by atoms with van der Waals surface area (Å²) < 4.78 is 11.1. The first-order valence-electron chi connectivity index (χ1n) is 16.1. The van der Waals surface area contributed by atoms with Crippen molar-refractivity contribution in [1.82, 2.24) is 0 Å². The van der Waals surface area contributed by atoms with E-state index in [1.165, 1.54) is 103 Å². The monoisotopic (exact) mass is 533 g/mol. The Morgan fingerprint density at radius 1 is 0.632 bits per heavy atom. The van der Waals surface area contributed by atoms with Gasteiger partial charge in [0.15, 0.2) is 0 Å². The zero-order valence-electron chi connectivity index (χ0n) is 25.4. The van der Waals surface area contributed by atoms with Crippen molar-refractivity contribution in [2.75, 3.05) is 13.2 Å². The summed E-state index contributed by atoms with van der Waals surface area (Å²) in [6.45, 7) is 9.05. The van der Waals surface area contributed by atoms with Crippen molar-refractivity contribution >= 4 is 17.7 Å². The minimum atomic E-state index is -0.485. The molecule has 1 atom stereocenters. The average molecular weight is 534 g/mol. The van der Waals surface area contributed by atoms with Crippen LogP contribution in [0.25, 0.3) is 0 Å². The van der Waals surface area contributed by atoms with E-state index < -0.39 is 5.92 Å². The Hall–Kier alpha value is -1.65. The van der Waals surface area contributed by atoms with E-state index in [0.717, 1.165) is 31.4 Å². The molecule has 0 saturated heterocycles. The SMILES string of the molecule is CCCCCCCCCCCCOC(=O)C1=C(C)N=C(C)C(C(=O)OCCCCCCCCCCCC)C1. The maximum Gasteiger partial charge on any atom is 0.335 e. The first-order chi connectivity index (χ1) is 18.5. The number of aliphatic imine (C=N–C) groups is 1. The Bertz CT molecular complexity index is 697. The van der Waals surface area contributed by atoms with Gasteiger partial charge in [0.05, 0.1) is 24.7 Å². The molecule has 5 heteroatoms. The molecule has 0 fully saturated rings. The van der Waals surface area contributed by atoms with Crippen molar-refractivity contribution in [3.05, 3.63) is 11.3 Å². The molecular weight excluding hydrogens is 474 g/mol. The maximum absolute atomic E-state index is 12.7. The molecule has 1 heterocycles. The van der Waals surface area contributed by atoms with Crippen LogP contribution in [0.4, 0.5) is 0 Å². The van der Waals surface area contributed by atoms with E-state index in [2.05, 4.69) is 18.8 Å². The molecule has 0 bridgehead atoms. The maximum atomic E-state index is 12.7. The minimum Gasteiger partial charge on any atom is -0.465 e. The molecule has 0 aromatic heterocycles. The molecule has 1 rings (SSSR count). The van der Waals surface area contributed by atoms with Crippen LogP contribution in [0.5, 0.6) is 0 Å². The topological polar surface area (TPSA) is 65.0 Å². The van der Waals surface area contributed by atoms with Gasteiger partial charge < -0.3 is 9.47 Å². The fourth-order valence-electron chi connectivity index (χ4n) is 5.10. The first kappa shape index (κ1) is 34.4. The fourth-order valence-corrected chi connectivity index (χ4v) is 5.10. The molecule has 0 spiro atoms. The van der Waals surface area contributed by atoms with E-state index in [9.17, 15) is 9.59 Å². The number of unbranched alkanes of at least 4 members (excludes halogenated alkanes) is 18. The Labute approximate surface area is 234 Å². The summed E-state index contributed by atoms with van der Waals surface area (Å²) in [5.41, 5.74) is 1.90. The molecule has 0 aliphatic carbocycles. The van der Waals surface area contributed by atoms with Crippen molar-refractivity contribution in [3.63, 3.8) is 0 Å². The van der Waals surface area contributed by atoms with Crippen LogP contribution in [0.2, 0.25) is 0 Å². The van der Waals surface area contributed by atoms with Gasteiger partial charge in [-0.25, -0.2) is 4.79 Å². The summed E-state index contributed by atoms with van der Waals surface area (Å²) in [4.78, 5) is 29.9. The molecule has 38 heavy (non-hydrogen) atoms. The highest BCUT2D eigenvalue weighted by molar-refractivity contribution is 6.04. The molecular formula is C33H59NO4. The first-order valence-corrected chi connectivity index (χ1v) is 16.1. The zero-order chi connectivity index (χ0) is 27.8. The van der Waals surface area contributed by atoms with Crippen LogP contribution < -0.4 is 0 Å². The van der Waals surface area contributed by atoms with E-state index in [4.69, 9.17) is 9.47 Å². The van der Waals surface area contributed by atoms with Gasteiger partial charge >= 0.3 is 11.9 Å². The third-order valence-electron chi connectivity index (χ3n) is 7.70. The molecule has 1 aliphatic heterocycles. The van der Waals surface area contributed by atoms with Gasteiger partial charge in [-0.1, -0.05) is 129 Å². The Morgan fingerprint density at radius 2 is 1.03 bits per heavy atom. The Balaban J connectivity index is 2.18. The number of allylic oxidation sites excluding steroid dienone is 1. The van der Waals surface area contributed by atoms with Crippen molar-refractivity contribution < 1.29 is 19.1 Å². The largest absolute Gasteiger partial charge is 0.465 e. The Morgan fingerprint density at radius 3 is 1.47 bits per heavy atom. The zero-order valence-corrected chi connectivity index (χ0v) is 25.4. The summed E-state index contributed by atoms with van der Waals surface area (Å²) in [5, 5.41) is 0. The lowest BCUT2D eigenvalue weighted by Gasteiger charge is -2.22. The quantitative estimate of drug-likeness (QED) is 0.0915. The van der Waals surface area contributed by atoms with Crippen LogP contribution in [-0.4, -0.2) is 30.9 Å². The highest BCUT2D eigenvalue weighted by Gasteiger charge is 2.31. The van der Waals surface area contributed by atoms with E-state index in [1.807, 2.05) is 13.8 Å². The van der Waals surface area contributed by atoms with Crippen LogP contribution >= 0.6 is 0 Å². The summed E-state index contributed by atoms with van der Waals surface area (Å²) in [6, 6.07) is 0. The molecule has 0 aromatic carbocycles. The second-order valence-corrected chi connectivity index (χ2v) is 11.2. The third-order valence-corrected chi connectivity index (χ3v) is 7.70. The lowest BCUT2D eigenvalue weighted by atomic mass is 9.91. The molecule has 0 radical (unpaired) electrons. The predicted molar refractivity (Wildman–Crippen MR) is 160 cm³/mol. The van der Waals surface area contributed by atoms with Gasteiger partial charge in [-0.2, -0.15) is 0 Å². The van der Waals surface area contributed by atoms with Gasteiger partial charge in [-0.3, -0.25) is 9.79 Å². The van der Waals surface area contributed by atoms with E-state index in [-0.39, 0.29) is 11.9 Å². The van der Waals surface area contributed by atoms with E-state index in [0.29, 0.717) is 30.9 Å². The number of hydrogen-bond acceptors (Lipinski definition) is 5. The van der Waals surface area contributed by atoms with E-state index in [1.54, 1.807) is 0 Å². The second kappa shape index (κ2) is 23.3. The number of hydrogen-bond donors (Lipinski definition) is 0. The second-order valence-electron chi connectivity index (χ2n) is 11.2. The third kappa shape index (κ3) is 16.3. The van der Waals surface area contributed by atoms with Crippen LogP contribution in [0.3, 0.4) is 0 Å². The average Bonchev–Trinajstić information content (AvgIpc) is 2.90. The van der Waals surface area contributed by atoms with Crippen LogP contribution in [0, 0.1) is 5.92 Å². The number of esters is 2. The van der Waals surface area contributed by atoms with Gasteiger partial charge in [0.1, 0.15) is 0 Å². The predicted octanol–water partition coefficient (Wildman–Crippen LogP) is 9.67. The normalized spacial score (nSPS) is 15.5. The van der Waals surface area contributed by atoms with Crippen molar-refractivity contribution in [1.29, 1.82) is 0 Å². The number of carbonyl (C=O) groups excluding carboxylic acids is 2.